The van der Waals surface area contributed by atoms with Crippen LogP contribution in [0.15, 0.2) is 30.5 Å². The monoisotopic (exact) mass is 343 g/mol. The Morgan fingerprint density at radius 2 is 2.08 bits per heavy atom. The van der Waals surface area contributed by atoms with E-state index in [4.69, 9.17) is 0 Å². The van der Waals surface area contributed by atoms with E-state index in [1.54, 1.807) is 0 Å². The van der Waals surface area contributed by atoms with Gasteiger partial charge in [-0.3, -0.25) is 4.79 Å². The summed E-state index contributed by atoms with van der Waals surface area (Å²) in [6.45, 7) is 3.65. The van der Waals surface area contributed by atoms with Gasteiger partial charge in [-0.2, -0.15) is 0 Å². The summed E-state index contributed by atoms with van der Waals surface area (Å²) in [5, 5.41) is 23.9. The van der Waals surface area contributed by atoms with E-state index in [0.29, 0.717) is 12.6 Å². The number of aliphatic hydroxyl groups is 1. The summed E-state index contributed by atoms with van der Waals surface area (Å²) < 4.78 is 0. The van der Waals surface area contributed by atoms with Gasteiger partial charge in [0.05, 0.1) is 18.2 Å². The number of para-hydroxylation sites is 1. The molecule has 0 aliphatic carbocycles. The third-order valence-electron chi connectivity index (χ3n) is 4.57. The average Bonchev–Trinajstić information content (AvgIpc) is 2.98. The molecule has 0 amide bonds. The van der Waals surface area contributed by atoms with Gasteiger partial charge in [0.1, 0.15) is 0 Å². The van der Waals surface area contributed by atoms with Gasteiger partial charge in [0, 0.05) is 23.1 Å². The molecule has 1 unspecified atom stereocenters. The topological polar surface area (TPSA) is 102 Å². The highest BCUT2D eigenvalue weighted by Gasteiger charge is 2.29. The second-order valence-corrected chi connectivity index (χ2v) is 6.63. The lowest BCUT2D eigenvalue weighted by Gasteiger charge is -2.27. The molecule has 7 heteroatoms. The summed E-state index contributed by atoms with van der Waals surface area (Å²) in [4.78, 5) is 25.3. The van der Waals surface area contributed by atoms with Gasteiger partial charge in [-0.15, -0.1) is 0 Å². The minimum absolute atomic E-state index is 0.0871. The number of rotatable bonds is 10. The van der Waals surface area contributed by atoms with Crippen molar-refractivity contribution in [3.63, 3.8) is 0 Å². The van der Waals surface area contributed by atoms with E-state index in [2.05, 4.69) is 10.2 Å². The Hall–Kier alpha value is -2.12. The Morgan fingerprint density at radius 1 is 1.36 bits per heavy atom. The van der Waals surface area contributed by atoms with Crippen LogP contribution >= 0.6 is 0 Å². The number of aliphatic carboxylic acids is 1. The Balaban J connectivity index is 2.17. The maximum Gasteiger partial charge on any atom is 0.306 e. The summed E-state index contributed by atoms with van der Waals surface area (Å²) >= 11 is 0. The number of H-pyrrole nitrogens is 1. The zero-order valence-corrected chi connectivity index (χ0v) is 14.5. The molecule has 4 N–H and O–H groups in total. The third-order valence-corrected chi connectivity index (χ3v) is 4.57. The number of carboxylic acids is 1. The van der Waals surface area contributed by atoms with Crippen molar-refractivity contribution in [1.29, 1.82) is 0 Å². The molecule has 1 heterocycles. The van der Waals surface area contributed by atoms with E-state index in [-0.39, 0.29) is 12.3 Å². The minimum atomic E-state index is -0.917. The number of carbonyl (C=O) groups excluding carboxylic acids is 1. The third kappa shape index (κ3) is 4.93. The van der Waals surface area contributed by atoms with Crippen molar-refractivity contribution in [2.45, 2.75) is 38.8 Å². The minimum Gasteiger partial charge on any atom is -0.481 e. The number of hydrogen-bond donors (Lipinski definition) is 4. The van der Waals surface area contributed by atoms with Crippen molar-refractivity contribution in [3.05, 3.63) is 36.0 Å². The van der Waals surface area contributed by atoms with E-state index in [1.807, 2.05) is 44.3 Å². The van der Waals surface area contributed by atoms with E-state index in [1.165, 1.54) is 7.41 Å². The van der Waals surface area contributed by atoms with Crippen LogP contribution in [0.2, 0.25) is 0 Å². The number of aromatic nitrogens is 1. The molecule has 0 spiro atoms. The number of carboxylic acid groups (broad SMARTS) is 1. The molecule has 0 fully saturated rings. The molecule has 0 saturated heterocycles. The lowest BCUT2D eigenvalue weighted by Crippen LogP contribution is -2.45. The summed E-state index contributed by atoms with van der Waals surface area (Å²) in [6, 6.07) is 7.38. The molecule has 0 saturated carbocycles. The number of benzene rings is 1. The highest BCUT2D eigenvalue weighted by molar-refractivity contribution is 6.64. The van der Waals surface area contributed by atoms with Crippen LogP contribution in [-0.4, -0.2) is 46.9 Å². The van der Waals surface area contributed by atoms with Gasteiger partial charge in [0.15, 0.2) is 0 Å². The molecule has 0 aliphatic heterocycles. The Bertz CT molecular complexity index is 716. The van der Waals surface area contributed by atoms with Gasteiger partial charge in [-0.05, 0) is 30.4 Å². The fourth-order valence-corrected chi connectivity index (χ4v) is 3.09. The zero-order chi connectivity index (χ0) is 18.4. The Morgan fingerprint density at radius 3 is 2.72 bits per heavy atom. The number of aromatic amines is 1. The SMILES string of the molecule is CC(C)C(C[C@H](O)[C@H](Cc1c[nH]c2ccccc12)N[B]C=O)C(=O)O. The summed E-state index contributed by atoms with van der Waals surface area (Å²) in [5.74, 6) is -1.64. The maximum absolute atomic E-state index is 11.4. The lowest BCUT2D eigenvalue weighted by atomic mass is 9.84. The number of carbonyl (C=O) groups is 2. The maximum atomic E-state index is 11.4. The highest BCUT2D eigenvalue weighted by atomic mass is 16.4. The van der Waals surface area contributed by atoms with Gasteiger partial charge in [0.25, 0.3) is 7.41 Å². The first-order valence-corrected chi connectivity index (χ1v) is 8.43. The number of fused-ring (bicyclic) bond motifs is 1. The second-order valence-electron chi connectivity index (χ2n) is 6.63. The van der Waals surface area contributed by atoms with E-state index in [0.717, 1.165) is 16.5 Å². The molecule has 2 aromatic rings. The first-order valence-electron chi connectivity index (χ1n) is 8.43. The van der Waals surface area contributed by atoms with Crippen molar-refractivity contribution in [2.75, 3.05) is 0 Å². The van der Waals surface area contributed by atoms with Crippen LogP contribution in [0.1, 0.15) is 25.8 Å². The van der Waals surface area contributed by atoms with Crippen molar-refractivity contribution in [2.24, 2.45) is 11.8 Å². The molecule has 133 valence electrons. The normalized spacial score (nSPS) is 15.0. The molecule has 1 aromatic heterocycles. The summed E-state index contributed by atoms with van der Waals surface area (Å²) in [7, 11) is 1.24. The Labute approximate surface area is 147 Å². The first-order chi connectivity index (χ1) is 11.9. The fourth-order valence-electron chi connectivity index (χ4n) is 3.09. The number of aliphatic hydroxyl groups excluding tert-OH is 1. The summed E-state index contributed by atoms with van der Waals surface area (Å²) in [6.07, 6.45) is 2.20. The predicted octanol–water partition coefficient (Wildman–Crippen LogP) is 1.59. The largest absolute Gasteiger partial charge is 0.481 e. The van der Waals surface area contributed by atoms with Crippen molar-refractivity contribution < 1.29 is 19.8 Å². The molecule has 1 aromatic carbocycles. The molecule has 3 atom stereocenters. The molecule has 2 rings (SSSR count). The van der Waals surface area contributed by atoms with Crippen LogP contribution in [0.3, 0.4) is 0 Å². The van der Waals surface area contributed by atoms with Crippen LogP contribution < -0.4 is 5.23 Å². The Kier molecular flexibility index (Phi) is 6.78. The molecule has 6 nitrogen and oxygen atoms in total. The van der Waals surface area contributed by atoms with E-state index < -0.39 is 24.0 Å². The molecular weight excluding hydrogens is 319 g/mol. The predicted molar refractivity (Wildman–Crippen MR) is 98.0 cm³/mol. The van der Waals surface area contributed by atoms with Crippen molar-refractivity contribution in [3.8, 4) is 0 Å². The number of hydrogen-bond acceptors (Lipinski definition) is 4. The summed E-state index contributed by atoms with van der Waals surface area (Å²) in [5.41, 5.74) is 2.00. The van der Waals surface area contributed by atoms with Crippen LogP contribution in [-0.2, 0) is 16.0 Å². The van der Waals surface area contributed by atoms with Crippen molar-refractivity contribution in [1.82, 2.24) is 10.2 Å². The van der Waals surface area contributed by atoms with Gasteiger partial charge < -0.3 is 25.2 Å². The molecule has 0 bridgehead atoms. The molecular formula is C18H24BN2O4. The molecule has 1 radical (unpaired) electrons. The molecule has 25 heavy (non-hydrogen) atoms. The van der Waals surface area contributed by atoms with Gasteiger partial charge >= 0.3 is 5.97 Å². The standard InChI is InChI=1S/C18H24BN2O4/c1-11(2)14(18(24)25)8-17(23)16(21-19-10-22)7-12-9-20-15-6-4-3-5-13(12)15/h3-6,9-11,14,16-17,20-21,23H,7-8H2,1-2H3,(H,24,25)/t14?,16-,17-/m0/s1. The highest BCUT2D eigenvalue weighted by Crippen LogP contribution is 2.23. The van der Waals surface area contributed by atoms with E-state index in [9.17, 15) is 19.8 Å². The van der Waals surface area contributed by atoms with Gasteiger partial charge in [-0.25, -0.2) is 0 Å². The quantitative estimate of drug-likeness (QED) is 0.388. The molecule has 0 aliphatic rings. The average molecular weight is 343 g/mol. The smallest absolute Gasteiger partial charge is 0.306 e. The van der Waals surface area contributed by atoms with Crippen LogP contribution in [0.4, 0.5) is 0 Å². The lowest BCUT2D eigenvalue weighted by molar-refractivity contribution is -0.144. The van der Waals surface area contributed by atoms with Gasteiger partial charge in [-0.1, -0.05) is 32.0 Å². The van der Waals surface area contributed by atoms with Crippen molar-refractivity contribution >= 4 is 30.5 Å². The van der Waals surface area contributed by atoms with E-state index >= 15 is 0 Å². The van der Waals surface area contributed by atoms with Crippen LogP contribution in [0.5, 0.6) is 0 Å². The zero-order valence-electron chi connectivity index (χ0n) is 14.5. The van der Waals surface area contributed by atoms with Gasteiger partial charge in [0.2, 0.25) is 0 Å². The van der Waals surface area contributed by atoms with Crippen LogP contribution in [0, 0.1) is 11.8 Å². The fraction of sp³-hybridized carbons (Fsp3) is 0.444. The van der Waals surface area contributed by atoms with Crippen LogP contribution in [0.25, 0.3) is 10.9 Å². The number of nitrogens with one attached hydrogen (secondary N) is 2. The first kappa shape index (κ1) is 19.2. The second kappa shape index (κ2) is 8.83.